The largest absolute Gasteiger partial charge is 0.313 e. The van der Waals surface area contributed by atoms with E-state index in [1.807, 2.05) is 0 Å². The minimum absolute atomic E-state index is 0.0288. The fourth-order valence-electron chi connectivity index (χ4n) is 1.26. The zero-order valence-corrected chi connectivity index (χ0v) is 5.61. The minimum Gasteiger partial charge on any atom is -0.313 e. The Bertz CT molecular complexity index is 159. The van der Waals surface area contributed by atoms with Crippen LogP contribution in [0.4, 0.5) is 8.78 Å². The van der Waals surface area contributed by atoms with Gasteiger partial charge >= 0.3 is 0 Å². The molecular weight excluding hydrogens is 136 g/mol. The van der Waals surface area contributed by atoms with E-state index in [-0.39, 0.29) is 12.8 Å². The highest BCUT2D eigenvalue weighted by molar-refractivity contribution is 4.89. The molecule has 1 saturated carbocycles. The summed E-state index contributed by atoms with van der Waals surface area (Å²) in [7, 11) is 0. The van der Waals surface area contributed by atoms with Crippen LogP contribution < -0.4 is 0 Å². The van der Waals surface area contributed by atoms with Crippen LogP contribution in [0.25, 0.3) is 4.85 Å². The molecule has 0 aromatic carbocycles. The highest BCUT2D eigenvalue weighted by Crippen LogP contribution is 2.34. The molecule has 0 saturated heterocycles. The van der Waals surface area contributed by atoms with Crippen molar-refractivity contribution >= 4 is 0 Å². The number of rotatable bonds is 0. The maximum Gasteiger partial charge on any atom is 0.255 e. The Morgan fingerprint density at radius 2 is 2.20 bits per heavy atom. The van der Waals surface area contributed by atoms with Gasteiger partial charge < -0.3 is 4.85 Å². The van der Waals surface area contributed by atoms with Crippen LogP contribution >= 0.6 is 0 Å². The maximum atomic E-state index is 12.5. The third kappa shape index (κ3) is 1.66. The molecule has 0 amide bonds. The second kappa shape index (κ2) is 2.53. The van der Waals surface area contributed by atoms with Gasteiger partial charge in [-0.05, 0) is 6.42 Å². The molecule has 0 aromatic rings. The number of hydrogen-bond acceptors (Lipinski definition) is 0. The number of nitrogens with zero attached hydrogens (tertiary/aromatic N) is 1. The van der Waals surface area contributed by atoms with Crippen LogP contribution in [0.2, 0.25) is 0 Å². The van der Waals surface area contributed by atoms with E-state index in [0.717, 1.165) is 0 Å². The molecule has 1 nitrogen and oxygen atoms in total. The third-order valence-corrected chi connectivity index (χ3v) is 1.80. The molecule has 0 aromatic heterocycles. The Kier molecular flexibility index (Phi) is 1.89. The van der Waals surface area contributed by atoms with Gasteiger partial charge in [0.1, 0.15) is 0 Å². The summed E-state index contributed by atoms with van der Waals surface area (Å²) in [4.78, 5) is 3.11. The van der Waals surface area contributed by atoms with Crippen molar-refractivity contribution in [2.24, 2.45) is 0 Å². The summed E-state index contributed by atoms with van der Waals surface area (Å²) in [6.45, 7) is 6.57. The van der Waals surface area contributed by atoms with E-state index in [9.17, 15) is 8.78 Å². The first-order chi connectivity index (χ1) is 4.64. The van der Waals surface area contributed by atoms with Crippen molar-refractivity contribution in [1.82, 2.24) is 0 Å². The summed E-state index contributed by atoms with van der Waals surface area (Å²) in [6.07, 6.45) is 0.897. The first kappa shape index (κ1) is 7.46. The van der Waals surface area contributed by atoms with Crippen LogP contribution in [0.1, 0.15) is 25.7 Å². The molecule has 1 fully saturated rings. The molecule has 0 bridgehead atoms. The first-order valence-corrected chi connectivity index (χ1v) is 3.38. The molecule has 0 aliphatic heterocycles. The summed E-state index contributed by atoms with van der Waals surface area (Å²) >= 11 is 0. The van der Waals surface area contributed by atoms with Crippen molar-refractivity contribution in [3.63, 3.8) is 0 Å². The second-order valence-electron chi connectivity index (χ2n) is 2.74. The van der Waals surface area contributed by atoms with Gasteiger partial charge in [0.2, 0.25) is 6.04 Å². The average Bonchev–Trinajstić information content (AvgIpc) is 1.86. The van der Waals surface area contributed by atoms with E-state index in [2.05, 4.69) is 4.85 Å². The highest BCUT2D eigenvalue weighted by atomic mass is 19.3. The summed E-state index contributed by atoms with van der Waals surface area (Å²) < 4.78 is 25.0. The molecule has 1 unspecified atom stereocenters. The van der Waals surface area contributed by atoms with Crippen molar-refractivity contribution in [3.8, 4) is 0 Å². The summed E-state index contributed by atoms with van der Waals surface area (Å²) in [5, 5.41) is 0. The van der Waals surface area contributed by atoms with Crippen LogP contribution in [0.3, 0.4) is 0 Å². The van der Waals surface area contributed by atoms with Gasteiger partial charge in [0.15, 0.2) is 0 Å². The molecule has 0 spiro atoms. The Morgan fingerprint density at radius 3 is 2.60 bits per heavy atom. The molecule has 0 radical (unpaired) electrons. The van der Waals surface area contributed by atoms with Crippen molar-refractivity contribution < 1.29 is 8.78 Å². The van der Waals surface area contributed by atoms with Crippen LogP contribution in [-0.2, 0) is 0 Å². The van der Waals surface area contributed by atoms with Gasteiger partial charge in [-0.1, -0.05) is 0 Å². The Balaban J connectivity index is 2.49. The van der Waals surface area contributed by atoms with Crippen molar-refractivity contribution in [3.05, 3.63) is 11.4 Å². The molecule has 1 atom stereocenters. The zero-order valence-electron chi connectivity index (χ0n) is 5.61. The lowest BCUT2D eigenvalue weighted by Gasteiger charge is -2.21. The molecule has 0 N–H and O–H groups in total. The lowest BCUT2D eigenvalue weighted by atomic mass is 9.93. The van der Waals surface area contributed by atoms with Crippen LogP contribution in [0, 0.1) is 6.57 Å². The molecular formula is C7H9F2N. The smallest absolute Gasteiger partial charge is 0.255 e. The quantitative estimate of drug-likeness (QED) is 0.461. The highest BCUT2D eigenvalue weighted by Gasteiger charge is 2.39. The minimum atomic E-state index is -2.56. The van der Waals surface area contributed by atoms with Crippen molar-refractivity contribution in [2.75, 3.05) is 0 Å². The van der Waals surface area contributed by atoms with E-state index < -0.39 is 12.0 Å². The molecule has 1 rings (SSSR count). The summed E-state index contributed by atoms with van der Waals surface area (Å²) in [5.41, 5.74) is 0. The SMILES string of the molecule is [C-]#[N+]C1CCCC(F)(F)C1. The standard InChI is InChI=1S/C7H9F2N/c1-10-6-3-2-4-7(8,9)5-6/h6H,2-5H2. The Morgan fingerprint density at radius 1 is 1.50 bits per heavy atom. The van der Waals surface area contributed by atoms with E-state index in [1.54, 1.807) is 0 Å². The zero-order chi connectivity index (χ0) is 7.61. The summed E-state index contributed by atoms with van der Waals surface area (Å²) in [5.74, 6) is -2.56. The molecule has 0 heterocycles. The molecule has 1 aliphatic rings. The predicted molar refractivity (Wildman–Crippen MR) is 33.8 cm³/mol. The monoisotopic (exact) mass is 145 g/mol. The van der Waals surface area contributed by atoms with E-state index in [4.69, 9.17) is 6.57 Å². The number of hydrogen-bond donors (Lipinski definition) is 0. The normalized spacial score (nSPS) is 31.1. The van der Waals surface area contributed by atoms with Gasteiger partial charge in [-0.25, -0.2) is 15.4 Å². The molecule has 3 heteroatoms. The molecule has 56 valence electrons. The number of alkyl halides is 2. The van der Waals surface area contributed by atoms with Gasteiger partial charge in [0, 0.05) is 12.8 Å². The number of halogens is 2. The Hall–Kier alpha value is -0.650. The van der Waals surface area contributed by atoms with Crippen molar-refractivity contribution in [1.29, 1.82) is 0 Å². The first-order valence-electron chi connectivity index (χ1n) is 3.38. The fourth-order valence-corrected chi connectivity index (χ4v) is 1.26. The fraction of sp³-hybridized carbons (Fsp3) is 0.857. The second-order valence-corrected chi connectivity index (χ2v) is 2.74. The van der Waals surface area contributed by atoms with Crippen LogP contribution in [0.15, 0.2) is 0 Å². The van der Waals surface area contributed by atoms with E-state index in [1.165, 1.54) is 0 Å². The summed E-state index contributed by atoms with van der Waals surface area (Å²) in [6, 6.07) is -0.427. The van der Waals surface area contributed by atoms with Gasteiger partial charge in [0.25, 0.3) is 5.92 Å². The van der Waals surface area contributed by atoms with E-state index in [0.29, 0.717) is 12.8 Å². The van der Waals surface area contributed by atoms with Gasteiger partial charge in [-0.2, -0.15) is 0 Å². The van der Waals surface area contributed by atoms with Crippen molar-refractivity contribution in [2.45, 2.75) is 37.6 Å². The lowest BCUT2D eigenvalue weighted by Crippen LogP contribution is -2.27. The van der Waals surface area contributed by atoms with Gasteiger partial charge in [-0.15, -0.1) is 0 Å². The Labute approximate surface area is 58.9 Å². The van der Waals surface area contributed by atoms with Crippen LogP contribution in [-0.4, -0.2) is 12.0 Å². The van der Waals surface area contributed by atoms with Gasteiger partial charge in [-0.3, -0.25) is 0 Å². The van der Waals surface area contributed by atoms with Crippen LogP contribution in [0.5, 0.6) is 0 Å². The lowest BCUT2D eigenvalue weighted by molar-refractivity contribution is -0.0356. The molecule has 10 heavy (non-hydrogen) atoms. The predicted octanol–water partition coefficient (Wildman–Crippen LogP) is 2.48. The topological polar surface area (TPSA) is 4.36 Å². The average molecular weight is 145 g/mol. The third-order valence-electron chi connectivity index (χ3n) is 1.80. The molecule has 1 aliphatic carbocycles. The van der Waals surface area contributed by atoms with E-state index >= 15 is 0 Å². The maximum absolute atomic E-state index is 12.5. The van der Waals surface area contributed by atoms with Gasteiger partial charge in [0.05, 0.1) is 6.42 Å².